The van der Waals surface area contributed by atoms with Gasteiger partial charge in [-0.2, -0.15) is 0 Å². The predicted octanol–water partition coefficient (Wildman–Crippen LogP) is 3.09. The monoisotopic (exact) mass is 382 g/mol. The van der Waals surface area contributed by atoms with Gasteiger partial charge in [-0.05, 0) is 68.1 Å². The van der Waals surface area contributed by atoms with Gasteiger partial charge in [-0.1, -0.05) is 12.1 Å². The second-order valence-electron chi connectivity index (χ2n) is 6.15. The van der Waals surface area contributed by atoms with E-state index in [0.29, 0.717) is 11.1 Å². The summed E-state index contributed by atoms with van der Waals surface area (Å²) >= 11 is 0. The fourth-order valence-corrected chi connectivity index (χ4v) is 4.87. The minimum Gasteiger partial charge on any atom is -0.284 e. The first-order valence-corrected chi connectivity index (χ1v) is 11.0. The Kier molecular flexibility index (Phi) is 5.15. The fourth-order valence-electron chi connectivity index (χ4n) is 2.65. The normalized spacial score (nSPS) is 12.0. The third-order valence-corrected chi connectivity index (χ3v) is 6.24. The van der Waals surface area contributed by atoms with Crippen LogP contribution in [0.25, 0.3) is 0 Å². The molecule has 0 aliphatic heterocycles. The van der Waals surface area contributed by atoms with Crippen molar-refractivity contribution in [1.82, 2.24) is 0 Å². The molecular weight excluding hydrogens is 360 g/mol. The van der Waals surface area contributed by atoms with Crippen molar-refractivity contribution in [2.24, 2.45) is 0 Å². The Bertz CT molecular complexity index is 1000. The van der Waals surface area contributed by atoms with Gasteiger partial charge < -0.3 is 0 Å². The lowest BCUT2D eigenvalue weighted by Crippen LogP contribution is -2.17. The highest BCUT2D eigenvalue weighted by Gasteiger charge is 2.22. The average molecular weight is 383 g/mol. The van der Waals surface area contributed by atoms with Crippen LogP contribution >= 0.6 is 0 Å². The van der Waals surface area contributed by atoms with Crippen molar-refractivity contribution < 1.29 is 16.8 Å². The third-order valence-electron chi connectivity index (χ3n) is 3.98. The molecule has 136 valence electrons. The molecule has 0 aliphatic carbocycles. The van der Waals surface area contributed by atoms with Gasteiger partial charge in [0.25, 0.3) is 10.0 Å². The molecule has 0 radical (unpaired) electrons. The summed E-state index contributed by atoms with van der Waals surface area (Å²) in [5.74, 6) is 0. The first kappa shape index (κ1) is 19.3. The summed E-state index contributed by atoms with van der Waals surface area (Å²) in [5.41, 5.74) is 3.76. The van der Waals surface area contributed by atoms with Gasteiger partial charge in [0.1, 0.15) is 0 Å². The van der Waals surface area contributed by atoms with Gasteiger partial charge in [-0.25, -0.2) is 16.8 Å². The maximum atomic E-state index is 12.9. The minimum atomic E-state index is -3.81. The summed E-state index contributed by atoms with van der Waals surface area (Å²) in [6, 6.07) is 8.09. The maximum Gasteiger partial charge on any atom is 0.262 e. The maximum absolute atomic E-state index is 12.9. The van der Waals surface area contributed by atoms with Crippen molar-refractivity contribution in [3.05, 3.63) is 52.6 Å². The van der Waals surface area contributed by atoms with Crippen LogP contribution in [-0.4, -0.2) is 23.1 Å². The highest BCUT2D eigenvalue weighted by Crippen LogP contribution is 2.28. The van der Waals surface area contributed by atoms with E-state index in [1.807, 2.05) is 19.9 Å². The zero-order chi connectivity index (χ0) is 19.0. The second kappa shape index (κ2) is 6.68. The first-order chi connectivity index (χ1) is 11.4. The minimum absolute atomic E-state index is 0.256. The highest BCUT2D eigenvalue weighted by molar-refractivity contribution is 7.93. The summed E-state index contributed by atoms with van der Waals surface area (Å²) in [5, 5.41) is 0. The molecule has 0 amide bonds. The van der Waals surface area contributed by atoms with Crippen LogP contribution in [0.3, 0.4) is 0 Å². The fraction of sp³-hybridized carbons (Fsp3) is 0.294. The van der Waals surface area contributed by atoms with Crippen LogP contribution in [0.4, 0.5) is 11.4 Å². The Labute approximate surface area is 149 Å². The summed E-state index contributed by atoms with van der Waals surface area (Å²) in [6.45, 7) is 7.30. The Hall–Kier alpha value is -2.06. The Morgan fingerprint density at radius 2 is 1.24 bits per heavy atom. The number of anilines is 2. The summed E-state index contributed by atoms with van der Waals surface area (Å²) in [7, 11) is -7.25. The molecule has 0 aliphatic rings. The molecule has 6 nitrogen and oxygen atoms in total. The Morgan fingerprint density at radius 1 is 0.760 bits per heavy atom. The van der Waals surface area contributed by atoms with Gasteiger partial charge >= 0.3 is 0 Å². The predicted molar refractivity (Wildman–Crippen MR) is 101 cm³/mol. The highest BCUT2D eigenvalue weighted by atomic mass is 32.2. The van der Waals surface area contributed by atoms with Gasteiger partial charge in [0, 0.05) is 0 Å². The van der Waals surface area contributed by atoms with E-state index in [1.165, 1.54) is 6.07 Å². The van der Waals surface area contributed by atoms with Gasteiger partial charge in [0.15, 0.2) is 0 Å². The van der Waals surface area contributed by atoms with Gasteiger partial charge in [0.05, 0.1) is 22.5 Å². The number of rotatable bonds is 5. The van der Waals surface area contributed by atoms with Crippen LogP contribution in [0.5, 0.6) is 0 Å². The topological polar surface area (TPSA) is 92.3 Å². The second-order valence-corrected chi connectivity index (χ2v) is 9.52. The molecule has 0 fully saturated rings. The van der Waals surface area contributed by atoms with Crippen LogP contribution in [0.1, 0.15) is 22.3 Å². The molecule has 2 aromatic rings. The van der Waals surface area contributed by atoms with E-state index in [9.17, 15) is 16.8 Å². The van der Waals surface area contributed by atoms with Gasteiger partial charge in [-0.15, -0.1) is 0 Å². The lowest BCUT2D eigenvalue weighted by molar-refractivity contribution is 0.599. The van der Waals surface area contributed by atoms with E-state index in [1.54, 1.807) is 32.0 Å². The molecule has 0 unspecified atom stereocenters. The standard InChI is InChI=1S/C17H22N2O4S2/c1-11-9-12(2)14(4)17(13(11)3)25(22,23)19-16-8-6-7-15(10-16)18-24(5,20)21/h6-10,18-19H,1-5H3. The quantitative estimate of drug-likeness (QED) is 0.831. The van der Waals surface area contributed by atoms with Gasteiger partial charge in [-0.3, -0.25) is 9.44 Å². The smallest absolute Gasteiger partial charge is 0.262 e. The molecule has 2 aromatic carbocycles. The van der Waals surface area contributed by atoms with Crippen molar-refractivity contribution in [2.75, 3.05) is 15.7 Å². The number of nitrogens with one attached hydrogen (secondary N) is 2. The molecule has 0 saturated heterocycles. The summed E-state index contributed by atoms with van der Waals surface area (Å²) in [4.78, 5) is 0.256. The zero-order valence-electron chi connectivity index (χ0n) is 14.8. The van der Waals surface area contributed by atoms with E-state index in [4.69, 9.17) is 0 Å². The number of hydrogen-bond acceptors (Lipinski definition) is 4. The van der Waals surface area contributed by atoms with Crippen molar-refractivity contribution in [3.8, 4) is 0 Å². The molecule has 2 N–H and O–H groups in total. The lowest BCUT2D eigenvalue weighted by Gasteiger charge is -2.17. The Morgan fingerprint density at radius 3 is 1.72 bits per heavy atom. The van der Waals surface area contributed by atoms with Crippen LogP contribution in [0, 0.1) is 27.7 Å². The first-order valence-electron chi connectivity index (χ1n) is 7.59. The number of benzene rings is 2. The molecule has 0 saturated carbocycles. The lowest BCUT2D eigenvalue weighted by atomic mass is 10.0. The van der Waals surface area contributed by atoms with E-state index in [-0.39, 0.29) is 16.3 Å². The van der Waals surface area contributed by atoms with Crippen LogP contribution < -0.4 is 9.44 Å². The van der Waals surface area contributed by atoms with Gasteiger partial charge in [0.2, 0.25) is 10.0 Å². The van der Waals surface area contributed by atoms with Crippen molar-refractivity contribution in [3.63, 3.8) is 0 Å². The van der Waals surface area contributed by atoms with Crippen molar-refractivity contribution in [2.45, 2.75) is 32.6 Å². The zero-order valence-corrected chi connectivity index (χ0v) is 16.5. The van der Waals surface area contributed by atoms with Crippen LogP contribution in [-0.2, 0) is 20.0 Å². The molecule has 0 bridgehead atoms. The largest absolute Gasteiger partial charge is 0.284 e. The average Bonchev–Trinajstić information content (AvgIpc) is 2.43. The Balaban J connectivity index is 2.46. The van der Waals surface area contributed by atoms with Crippen LogP contribution in [0.2, 0.25) is 0 Å². The van der Waals surface area contributed by atoms with Crippen LogP contribution in [0.15, 0.2) is 35.2 Å². The summed E-state index contributed by atoms with van der Waals surface area (Å²) < 4.78 is 53.3. The molecule has 0 spiro atoms. The molecule has 2 rings (SSSR count). The van der Waals surface area contributed by atoms with Crippen molar-refractivity contribution in [1.29, 1.82) is 0 Å². The third kappa shape index (κ3) is 4.52. The molecule has 0 aromatic heterocycles. The number of sulfonamides is 2. The van der Waals surface area contributed by atoms with E-state index < -0.39 is 20.0 Å². The summed E-state index contributed by atoms with van der Waals surface area (Å²) in [6.07, 6.45) is 1.03. The molecule has 0 heterocycles. The molecular formula is C17H22N2O4S2. The number of aryl methyl sites for hydroxylation is 2. The molecule has 8 heteroatoms. The van der Waals surface area contributed by atoms with Crippen molar-refractivity contribution >= 4 is 31.4 Å². The molecule has 0 atom stereocenters. The van der Waals surface area contributed by atoms with E-state index in [2.05, 4.69) is 9.44 Å². The van der Waals surface area contributed by atoms with E-state index in [0.717, 1.165) is 17.4 Å². The van der Waals surface area contributed by atoms with E-state index >= 15 is 0 Å². The SMILES string of the molecule is Cc1cc(C)c(C)c(S(=O)(=O)Nc2cccc(NS(C)(=O)=O)c2)c1C. The molecule has 25 heavy (non-hydrogen) atoms. The number of hydrogen-bond donors (Lipinski definition) is 2.